The second-order valence-electron chi connectivity index (χ2n) is 5.25. The maximum absolute atomic E-state index is 12.7. The minimum absolute atomic E-state index is 0.0966. The number of aromatic nitrogens is 1. The molecule has 3 nitrogen and oxygen atoms in total. The average molecular weight is 252 g/mol. The first kappa shape index (κ1) is 11.9. The highest BCUT2D eigenvalue weighted by atomic mass is 16.2. The molecular weight excluding hydrogens is 236 g/mol. The number of likely N-dealkylation sites (N-methyl/N-ethyl adjacent to an activating group) is 1. The maximum atomic E-state index is 12.7. The summed E-state index contributed by atoms with van der Waals surface area (Å²) in [6.45, 7) is 4.02. The number of anilines is 1. The molecule has 0 N–H and O–H groups in total. The van der Waals surface area contributed by atoms with Crippen molar-refractivity contribution >= 4 is 11.6 Å². The number of pyridine rings is 1. The van der Waals surface area contributed by atoms with Crippen LogP contribution in [0.25, 0.3) is 0 Å². The summed E-state index contributed by atoms with van der Waals surface area (Å²) in [4.78, 5) is 18.6. The molecule has 2 aromatic rings. The lowest BCUT2D eigenvalue weighted by Gasteiger charge is -2.23. The third kappa shape index (κ3) is 1.51. The van der Waals surface area contributed by atoms with Gasteiger partial charge in [-0.3, -0.25) is 9.78 Å². The number of hydrogen-bond acceptors (Lipinski definition) is 2. The molecule has 19 heavy (non-hydrogen) atoms. The summed E-state index contributed by atoms with van der Waals surface area (Å²) in [5, 5.41) is 0. The van der Waals surface area contributed by atoms with E-state index >= 15 is 0 Å². The lowest BCUT2D eigenvalue weighted by molar-refractivity contribution is -0.121. The Labute approximate surface area is 112 Å². The molecule has 1 aromatic heterocycles. The van der Waals surface area contributed by atoms with Crippen LogP contribution in [0.2, 0.25) is 0 Å². The Balaban J connectivity index is 2.24. The van der Waals surface area contributed by atoms with E-state index in [1.807, 2.05) is 51.2 Å². The number of carbonyl (C=O) groups is 1. The molecule has 1 aromatic carbocycles. The predicted octanol–water partition coefficient (Wildman–Crippen LogP) is 2.67. The Hall–Kier alpha value is -2.16. The molecule has 96 valence electrons. The van der Waals surface area contributed by atoms with Crippen LogP contribution in [-0.4, -0.2) is 17.9 Å². The molecule has 0 saturated heterocycles. The quantitative estimate of drug-likeness (QED) is 0.781. The van der Waals surface area contributed by atoms with Crippen LogP contribution in [0.4, 0.5) is 5.69 Å². The first-order chi connectivity index (χ1) is 9.05. The Morgan fingerprint density at radius 2 is 1.84 bits per heavy atom. The molecule has 0 fully saturated rings. The van der Waals surface area contributed by atoms with Crippen LogP contribution in [0.3, 0.4) is 0 Å². The summed E-state index contributed by atoms with van der Waals surface area (Å²) >= 11 is 0. The Morgan fingerprint density at radius 1 is 1.16 bits per heavy atom. The van der Waals surface area contributed by atoms with Crippen molar-refractivity contribution in [2.24, 2.45) is 0 Å². The van der Waals surface area contributed by atoms with Gasteiger partial charge in [0, 0.05) is 25.0 Å². The molecule has 1 aliphatic heterocycles. The molecule has 0 spiro atoms. The second kappa shape index (κ2) is 3.92. The Bertz CT molecular complexity index is 648. The van der Waals surface area contributed by atoms with E-state index in [0.717, 1.165) is 16.8 Å². The van der Waals surface area contributed by atoms with Gasteiger partial charge < -0.3 is 4.90 Å². The van der Waals surface area contributed by atoms with E-state index in [9.17, 15) is 4.79 Å². The maximum Gasteiger partial charge on any atom is 0.241 e. The Kier molecular flexibility index (Phi) is 2.45. The van der Waals surface area contributed by atoms with Crippen LogP contribution >= 0.6 is 0 Å². The minimum Gasteiger partial charge on any atom is -0.314 e. The summed E-state index contributed by atoms with van der Waals surface area (Å²) in [6.07, 6.45) is 3.53. The van der Waals surface area contributed by atoms with Crippen molar-refractivity contribution in [2.45, 2.75) is 19.3 Å². The highest BCUT2D eigenvalue weighted by molar-refractivity contribution is 6.09. The van der Waals surface area contributed by atoms with Crippen molar-refractivity contribution in [1.82, 2.24) is 4.98 Å². The molecule has 0 aliphatic carbocycles. The number of aryl methyl sites for hydroxylation is 1. The van der Waals surface area contributed by atoms with Gasteiger partial charge in [0.15, 0.2) is 0 Å². The van der Waals surface area contributed by atoms with Crippen LogP contribution in [0, 0.1) is 6.92 Å². The lowest BCUT2D eigenvalue weighted by atomic mass is 9.78. The molecule has 0 bridgehead atoms. The second-order valence-corrected chi connectivity index (χ2v) is 5.25. The van der Waals surface area contributed by atoms with E-state index in [2.05, 4.69) is 4.98 Å². The average Bonchev–Trinajstić information content (AvgIpc) is 2.63. The third-order valence-electron chi connectivity index (χ3n) is 4.06. The molecule has 1 aliphatic rings. The van der Waals surface area contributed by atoms with Gasteiger partial charge >= 0.3 is 0 Å². The zero-order valence-electron chi connectivity index (χ0n) is 11.3. The minimum atomic E-state index is -0.633. The molecular formula is C16H16N2O. The van der Waals surface area contributed by atoms with E-state index in [4.69, 9.17) is 0 Å². The smallest absolute Gasteiger partial charge is 0.241 e. The molecule has 1 unspecified atom stereocenters. The van der Waals surface area contributed by atoms with Crippen molar-refractivity contribution in [3.05, 3.63) is 59.4 Å². The Morgan fingerprint density at radius 3 is 2.53 bits per heavy atom. The standard InChI is InChI=1S/C16H16N2O/c1-11-4-6-12(7-5-11)16(2)13-10-17-9-8-14(13)18(3)15(16)19/h4-10H,1-3H3. The van der Waals surface area contributed by atoms with Gasteiger partial charge in [-0.2, -0.15) is 0 Å². The van der Waals surface area contributed by atoms with Crippen LogP contribution in [0.5, 0.6) is 0 Å². The topological polar surface area (TPSA) is 33.2 Å². The molecule has 1 amide bonds. The number of amides is 1. The van der Waals surface area contributed by atoms with Crippen molar-refractivity contribution in [1.29, 1.82) is 0 Å². The van der Waals surface area contributed by atoms with Gasteiger partial charge in [-0.1, -0.05) is 29.8 Å². The van der Waals surface area contributed by atoms with Crippen molar-refractivity contribution in [2.75, 3.05) is 11.9 Å². The summed E-state index contributed by atoms with van der Waals surface area (Å²) in [6, 6.07) is 10.0. The zero-order valence-corrected chi connectivity index (χ0v) is 11.3. The SMILES string of the molecule is Cc1ccc(C2(C)C(=O)N(C)c3ccncc32)cc1. The van der Waals surface area contributed by atoms with Crippen molar-refractivity contribution in [3.63, 3.8) is 0 Å². The molecule has 0 radical (unpaired) electrons. The number of carbonyl (C=O) groups excluding carboxylic acids is 1. The molecule has 2 heterocycles. The first-order valence-electron chi connectivity index (χ1n) is 6.35. The van der Waals surface area contributed by atoms with Gasteiger partial charge in [0.2, 0.25) is 5.91 Å². The molecule has 3 rings (SSSR count). The van der Waals surface area contributed by atoms with E-state index in [1.54, 1.807) is 17.3 Å². The van der Waals surface area contributed by atoms with Crippen molar-refractivity contribution in [3.8, 4) is 0 Å². The summed E-state index contributed by atoms with van der Waals surface area (Å²) < 4.78 is 0. The normalized spacial score (nSPS) is 21.6. The number of nitrogens with zero attached hydrogens (tertiary/aromatic N) is 2. The fourth-order valence-corrected chi connectivity index (χ4v) is 2.79. The zero-order chi connectivity index (χ0) is 13.6. The van der Waals surface area contributed by atoms with Gasteiger partial charge in [0.1, 0.15) is 5.41 Å². The highest BCUT2D eigenvalue weighted by Gasteiger charge is 2.47. The van der Waals surface area contributed by atoms with Gasteiger partial charge in [0.05, 0.1) is 5.69 Å². The van der Waals surface area contributed by atoms with E-state index in [0.29, 0.717) is 0 Å². The van der Waals surface area contributed by atoms with E-state index < -0.39 is 5.41 Å². The monoisotopic (exact) mass is 252 g/mol. The van der Waals surface area contributed by atoms with Gasteiger partial charge in [-0.15, -0.1) is 0 Å². The largest absolute Gasteiger partial charge is 0.314 e. The lowest BCUT2D eigenvalue weighted by Crippen LogP contribution is -2.37. The van der Waals surface area contributed by atoms with Gasteiger partial charge in [-0.25, -0.2) is 0 Å². The number of hydrogen-bond donors (Lipinski definition) is 0. The van der Waals surface area contributed by atoms with Crippen LogP contribution in [0.1, 0.15) is 23.6 Å². The first-order valence-corrected chi connectivity index (χ1v) is 6.35. The number of rotatable bonds is 1. The summed E-state index contributed by atoms with van der Waals surface area (Å²) in [5.74, 6) is 0.0966. The third-order valence-corrected chi connectivity index (χ3v) is 4.06. The van der Waals surface area contributed by atoms with Crippen LogP contribution < -0.4 is 4.90 Å². The van der Waals surface area contributed by atoms with Gasteiger partial charge in [0.25, 0.3) is 0 Å². The van der Waals surface area contributed by atoms with Gasteiger partial charge in [-0.05, 0) is 25.5 Å². The van der Waals surface area contributed by atoms with Crippen molar-refractivity contribution < 1.29 is 4.79 Å². The predicted molar refractivity (Wildman–Crippen MR) is 75.3 cm³/mol. The fraction of sp³-hybridized carbons (Fsp3) is 0.250. The number of fused-ring (bicyclic) bond motifs is 1. The molecule has 3 heteroatoms. The van der Waals surface area contributed by atoms with Crippen LogP contribution in [-0.2, 0) is 10.2 Å². The van der Waals surface area contributed by atoms with E-state index in [-0.39, 0.29) is 5.91 Å². The number of benzene rings is 1. The summed E-state index contributed by atoms with van der Waals surface area (Å²) in [5.41, 5.74) is 3.50. The van der Waals surface area contributed by atoms with Crippen LogP contribution in [0.15, 0.2) is 42.7 Å². The summed E-state index contributed by atoms with van der Waals surface area (Å²) in [7, 11) is 1.82. The van der Waals surface area contributed by atoms with E-state index in [1.165, 1.54) is 5.56 Å². The molecule has 0 saturated carbocycles. The fourth-order valence-electron chi connectivity index (χ4n) is 2.79. The highest BCUT2D eigenvalue weighted by Crippen LogP contribution is 2.44. The molecule has 1 atom stereocenters.